The largest absolute Gasteiger partial charge is 0.480 e. The van der Waals surface area contributed by atoms with Gasteiger partial charge in [-0.25, -0.2) is 0 Å². The van der Waals surface area contributed by atoms with E-state index in [1.165, 1.54) is 0 Å². The topological polar surface area (TPSA) is 26.3 Å². The molecule has 2 nitrogen and oxygen atoms in total. The number of thiophene rings is 1. The van der Waals surface area contributed by atoms with Crippen molar-refractivity contribution in [1.29, 1.82) is 0 Å². The zero-order chi connectivity index (χ0) is 10.9. The minimum atomic E-state index is -0.699. The molecule has 0 saturated carbocycles. The first-order chi connectivity index (χ1) is 7.08. The van der Waals surface area contributed by atoms with Gasteiger partial charge in [-0.3, -0.25) is 4.79 Å². The van der Waals surface area contributed by atoms with Crippen LogP contribution in [0.4, 0.5) is 0 Å². The summed E-state index contributed by atoms with van der Waals surface area (Å²) < 4.78 is 5.49. The second-order valence-corrected chi connectivity index (χ2v) is 4.85. The van der Waals surface area contributed by atoms with Gasteiger partial charge in [-0.2, -0.15) is 0 Å². The summed E-state index contributed by atoms with van der Waals surface area (Å²) in [6.45, 7) is 3.55. The van der Waals surface area contributed by atoms with Gasteiger partial charge in [0.15, 0.2) is 5.60 Å². The molecule has 0 amide bonds. The van der Waals surface area contributed by atoms with Crippen molar-refractivity contribution in [3.05, 3.63) is 40.3 Å². The molecule has 2 rings (SSSR count). The second-order valence-electron chi connectivity index (χ2n) is 3.87. The van der Waals surface area contributed by atoms with Crippen molar-refractivity contribution in [1.82, 2.24) is 0 Å². The lowest BCUT2D eigenvalue weighted by molar-refractivity contribution is -0.126. The summed E-state index contributed by atoms with van der Waals surface area (Å²) in [5.41, 5.74) is -0.699. The number of rotatable bonds is 2. The fourth-order valence-corrected chi connectivity index (χ4v) is 1.93. The van der Waals surface area contributed by atoms with E-state index >= 15 is 0 Å². The summed E-state index contributed by atoms with van der Waals surface area (Å²) in [6, 6.07) is 4.01. The molecule has 3 heteroatoms. The molecule has 0 unspecified atom stereocenters. The fourth-order valence-electron chi connectivity index (χ4n) is 1.31. The lowest BCUT2D eigenvalue weighted by atomic mass is 10.1. The highest BCUT2D eigenvalue weighted by Crippen LogP contribution is 2.25. The van der Waals surface area contributed by atoms with Gasteiger partial charge in [-0.15, -0.1) is 11.3 Å². The molecule has 0 radical (unpaired) electrons. The highest BCUT2D eigenvalue weighted by Gasteiger charge is 2.33. The monoisotopic (exact) mass is 220 g/mol. The number of hydrogen-bond acceptors (Lipinski definition) is 3. The Labute approximate surface area is 92.9 Å². The van der Waals surface area contributed by atoms with E-state index in [2.05, 4.69) is 0 Å². The van der Waals surface area contributed by atoms with Crippen molar-refractivity contribution in [3.8, 4) is 0 Å². The molecule has 0 atom stereocenters. The van der Waals surface area contributed by atoms with Crippen molar-refractivity contribution >= 4 is 23.2 Å². The summed E-state index contributed by atoms with van der Waals surface area (Å²) in [5, 5.41) is 2.01. The van der Waals surface area contributed by atoms with E-state index in [9.17, 15) is 4.79 Å². The Bertz CT molecular complexity index is 424. The molecule has 0 saturated heterocycles. The van der Waals surface area contributed by atoms with E-state index < -0.39 is 5.60 Å². The standard InChI is InChI=1S/C12H12O2S/c1-12(2)11(13)8-9(14-12)5-6-10-4-3-7-15-10/h3-8H,1-2H3. The Morgan fingerprint density at radius 3 is 2.73 bits per heavy atom. The maximum absolute atomic E-state index is 11.4. The number of carbonyl (C=O) groups excluding carboxylic acids is 1. The van der Waals surface area contributed by atoms with Gasteiger partial charge in [0.05, 0.1) is 0 Å². The molecule has 1 aromatic rings. The SMILES string of the molecule is CC1(C)OC(C=Cc2cccs2)=CC1=O. The van der Waals surface area contributed by atoms with Crippen LogP contribution in [0.15, 0.2) is 35.4 Å². The smallest absolute Gasteiger partial charge is 0.202 e. The molecule has 78 valence electrons. The molecule has 0 aromatic carbocycles. The van der Waals surface area contributed by atoms with Gasteiger partial charge in [-0.05, 0) is 37.4 Å². The predicted molar refractivity (Wildman–Crippen MR) is 61.6 cm³/mol. The van der Waals surface area contributed by atoms with E-state index in [0.717, 1.165) is 4.88 Å². The Morgan fingerprint density at radius 2 is 2.20 bits per heavy atom. The number of allylic oxidation sites excluding steroid dienone is 1. The Balaban J connectivity index is 2.10. The van der Waals surface area contributed by atoms with Crippen LogP contribution in [0, 0.1) is 0 Å². The van der Waals surface area contributed by atoms with Crippen molar-refractivity contribution in [2.75, 3.05) is 0 Å². The first-order valence-electron chi connectivity index (χ1n) is 4.75. The van der Waals surface area contributed by atoms with Gasteiger partial charge < -0.3 is 4.74 Å². The van der Waals surface area contributed by atoms with Gasteiger partial charge in [0.2, 0.25) is 5.78 Å². The summed E-state index contributed by atoms with van der Waals surface area (Å²) in [7, 11) is 0. The highest BCUT2D eigenvalue weighted by molar-refractivity contribution is 7.10. The van der Waals surface area contributed by atoms with Crippen molar-refractivity contribution in [2.24, 2.45) is 0 Å². The predicted octanol–water partition coefficient (Wildman–Crippen LogP) is 3.02. The van der Waals surface area contributed by atoms with Crippen molar-refractivity contribution in [2.45, 2.75) is 19.4 Å². The van der Waals surface area contributed by atoms with Crippen LogP contribution < -0.4 is 0 Å². The lowest BCUT2D eigenvalue weighted by Crippen LogP contribution is -2.27. The summed E-state index contributed by atoms with van der Waals surface area (Å²) in [4.78, 5) is 12.6. The Morgan fingerprint density at radius 1 is 1.40 bits per heavy atom. The first-order valence-corrected chi connectivity index (χ1v) is 5.63. The average molecular weight is 220 g/mol. The van der Waals surface area contributed by atoms with Crippen LogP contribution in [0.2, 0.25) is 0 Å². The van der Waals surface area contributed by atoms with E-state index in [4.69, 9.17) is 4.74 Å². The number of carbonyl (C=O) groups is 1. The van der Waals surface area contributed by atoms with Gasteiger partial charge in [-0.1, -0.05) is 6.07 Å². The molecule has 2 heterocycles. The van der Waals surface area contributed by atoms with Crippen molar-refractivity contribution in [3.63, 3.8) is 0 Å². The summed E-state index contributed by atoms with van der Waals surface area (Å²) in [6.07, 6.45) is 5.33. The van der Waals surface area contributed by atoms with Gasteiger partial charge in [0, 0.05) is 11.0 Å². The highest BCUT2D eigenvalue weighted by atomic mass is 32.1. The Kier molecular flexibility index (Phi) is 2.49. The molecular formula is C12H12O2S. The molecule has 15 heavy (non-hydrogen) atoms. The third-order valence-corrected chi connectivity index (χ3v) is 3.03. The summed E-state index contributed by atoms with van der Waals surface area (Å²) in [5.74, 6) is 0.659. The van der Waals surface area contributed by atoms with Gasteiger partial charge in [0.1, 0.15) is 5.76 Å². The molecule has 1 aliphatic rings. The van der Waals surface area contributed by atoms with E-state index in [0.29, 0.717) is 5.76 Å². The normalized spacial score (nSPS) is 19.3. The first kappa shape index (κ1) is 10.2. The van der Waals surface area contributed by atoms with Crippen LogP contribution in [-0.2, 0) is 9.53 Å². The van der Waals surface area contributed by atoms with E-state index in [-0.39, 0.29) is 5.78 Å². The third kappa shape index (κ3) is 2.18. The van der Waals surface area contributed by atoms with Crippen LogP contribution in [0.5, 0.6) is 0 Å². The van der Waals surface area contributed by atoms with Crippen LogP contribution in [0.3, 0.4) is 0 Å². The summed E-state index contributed by atoms with van der Waals surface area (Å²) >= 11 is 1.65. The molecular weight excluding hydrogens is 208 g/mol. The quantitative estimate of drug-likeness (QED) is 0.765. The molecule has 1 aliphatic heterocycles. The number of ketones is 1. The number of hydrogen-bond donors (Lipinski definition) is 0. The van der Waals surface area contributed by atoms with Crippen LogP contribution in [0.25, 0.3) is 6.08 Å². The molecule has 0 aliphatic carbocycles. The maximum atomic E-state index is 11.4. The number of ether oxygens (including phenoxy) is 1. The second kappa shape index (κ2) is 3.66. The zero-order valence-electron chi connectivity index (χ0n) is 8.69. The fraction of sp³-hybridized carbons (Fsp3) is 0.250. The molecule has 1 aromatic heterocycles. The molecule has 0 spiro atoms. The average Bonchev–Trinajstić information content (AvgIpc) is 2.72. The van der Waals surface area contributed by atoms with Gasteiger partial charge >= 0.3 is 0 Å². The van der Waals surface area contributed by atoms with E-state index in [1.807, 2.05) is 29.7 Å². The van der Waals surface area contributed by atoms with Crippen molar-refractivity contribution < 1.29 is 9.53 Å². The third-order valence-electron chi connectivity index (χ3n) is 2.19. The molecule has 0 bridgehead atoms. The Hall–Kier alpha value is -1.35. The minimum absolute atomic E-state index is 0.0216. The van der Waals surface area contributed by atoms with E-state index in [1.54, 1.807) is 31.3 Å². The van der Waals surface area contributed by atoms with Gasteiger partial charge in [0.25, 0.3) is 0 Å². The molecule has 0 fully saturated rings. The maximum Gasteiger partial charge on any atom is 0.202 e. The zero-order valence-corrected chi connectivity index (χ0v) is 9.51. The van der Waals surface area contributed by atoms with Crippen LogP contribution in [0.1, 0.15) is 18.7 Å². The minimum Gasteiger partial charge on any atom is -0.480 e. The molecule has 0 N–H and O–H groups in total. The van der Waals surface area contributed by atoms with Crippen LogP contribution >= 0.6 is 11.3 Å². The lowest BCUT2D eigenvalue weighted by Gasteiger charge is -2.16. The van der Waals surface area contributed by atoms with Crippen LogP contribution in [-0.4, -0.2) is 11.4 Å².